The van der Waals surface area contributed by atoms with E-state index in [0.717, 1.165) is 0 Å². The molecule has 0 radical (unpaired) electrons. The predicted octanol–water partition coefficient (Wildman–Crippen LogP) is 0.472. The van der Waals surface area contributed by atoms with Gasteiger partial charge >= 0.3 is 17.9 Å². The van der Waals surface area contributed by atoms with Gasteiger partial charge in [-0.1, -0.05) is 6.07 Å². The van der Waals surface area contributed by atoms with E-state index >= 15 is 0 Å². The van der Waals surface area contributed by atoms with E-state index in [-0.39, 0.29) is 36.0 Å². The third-order valence-electron chi connectivity index (χ3n) is 5.01. The molecule has 0 aliphatic carbocycles. The van der Waals surface area contributed by atoms with Gasteiger partial charge in [-0.25, -0.2) is 0 Å². The number of methoxy groups -OCH3 is 2. The van der Waals surface area contributed by atoms with E-state index in [1.54, 1.807) is 0 Å². The van der Waals surface area contributed by atoms with E-state index in [9.17, 15) is 29.4 Å². The number of carboxylic acid groups (broad SMARTS) is 1. The molecule has 1 heterocycles. The molecule has 1 aliphatic heterocycles. The van der Waals surface area contributed by atoms with Gasteiger partial charge in [0.2, 0.25) is 5.91 Å². The Labute approximate surface area is 178 Å². The summed E-state index contributed by atoms with van der Waals surface area (Å²) in [4.78, 5) is 49.8. The van der Waals surface area contributed by atoms with Gasteiger partial charge in [0.15, 0.2) is 22.8 Å². The van der Waals surface area contributed by atoms with Crippen LogP contribution in [0.2, 0.25) is 0 Å². The first-order valence-electron chi connectivity index (χ1n) is 9.52. The molecular formula is C20H25NO10. The number of benzene rings is 1. The van der Waals surface area contributed by atoms with Crippen LogP contribution in [0.1, 0.15) is 25.8 Å². The molecule has 2 rings (SSSR count). The summed E-state index contributed by atoms with van der Waals surface area (Å²) in [6, 6.07) is 2.69. The van der Waals surface area contributed by atoms with Gasteiger partial charge in [0.25, 0.3) is 0 Å². The number of hydrogen-bond acceptors (Lipinski definition) is 9. The van der Waals surface area contributed by atoms with Crippen molar-refractivity contribution in [1.82, 2.24) is 0 Å². The molecule has 1 aromatic carbocycles. The van der Waals surface area contributed by atoms with E-state index in [1.807, 2.05) is 0 Å². The summed E-state index contributed by atoms with van der Waals surface area (Å²) in [5.41, 5.74) is -2.59. The molecule has 2 atom stereocenters. The van der Waals surface area contributed by atoms with Gasteiger partial charge in [-0.05, 0) is 26.3 Å². The quantitative estimate of drug-likeness (QED) is 0.346. The second-order valence-electron chi connectivity index (χ2n) is 6.60. The molecule has 11 heteroatoms. The lowest BCUT2D eigenvalue weighted by molar-refractivity contribution is -0.167. The van der Waals surface area contributed by atoms with Crippen molar-refractivity contribution in [3.8, 4) is 11.5 Å². The minimum Gasteiger partial charge on any atom is -0.493 e. The number of fused-ring (bicyclic) bond motifs is 1. The van der Waals surface area contributed by atoms with Crippen LogP contribution in [0.5, 0.6) is 11.5 Å². The number of rotatable bonds is 10. The SMILES string of the molecule is CCOC(=O)C(CC(O)C1(C(=O)O)C(=O)Nc2c1ccc(OC)c2OC)C(=O)OCC. The van der Waals surface area contributed by atoms with Crippen molar-refractivity contribution in [1.29, 1.82) is 0 Å². The second-order valence-corrected chi connectivity index (χ2v) is 6.60. The average Bonchev–Trinajstić information content (AvgIpc) is 3.03. The van der Waals surface area contributed by atoms with E-state index in [4.69, 9.17) is 18.9 Å². The molecule has 11 nitrogen and oxygen atoms in total. The van der Waals surface area contributed by atoms with Gasteiger partial charge in [0.05, 0.1) is 39.2 Å². The predicted molar refractivity (Wildman–Crippen MR) is 105 cm³/mol. The van der Waals surface area contributed by atoms with Crippen molar-refractivity contribution in [2.24, 2.45) is 5.92 Å². The first-order valence-corrected chi connectivity index (χ1v) is 9.52. The molecule has 0 spiro atoms. The zero-order chi connectivity index (χ0) is 23.3. The molecule has 1 amide bonds. The normalized spacial score (nSPS) is 18.1. The fourth-order valence-electron chi connectivity index (χ4n) is 3.57. The first kappa shape index (κ1) is 23.9. The Bertz CT molecular complexity index is 865. The Morgan fingerprint density at radius 2 is 1.65 bits per heavy atom. The Morgan fingerprint density at radius 3 is 2.10 bits per heavy atom. The summed E-state index contributed by atoms with van der Waals surface area (Å²) in [5, 5.41) is 23.4. The van der Waals surface area contributed by atoms with Crippen LogP contribution < -0.4 is 14.8 Å². The minimum atomic E-state index is -2.51. The Morgan fingerprint density at radius 1 is 1.06 bits per heavy atom. The highest BCUT2D eigenvalue weighted by Crippen LogP contribution is 2.49. The number of anilines is 1. The largest absolute Gasteiger partial charge is 0.493 e. The number of aliphatic carboxylic acids is 1. The minimum absolute atomic E-state index is 0.0112. The van der Waals surface area contributed by atoms with Gasteiger partial charge in [-0.2, -0.15) is 0 Å². The number of ether oxygens (including phenoxy) is 4. The van der Waals surface area contributed by atoms with Gasteiger partial charge in [0.1, 0.15) is 0 Å². The van der Waals surface area contributed by atoms with Crippen LogP contribution in [-0.2, 0) is 34.1 Å². The van der Waals surface area contributed by atoms with Crippen LogP contribution >= 0.6 is 0 Å². The molecule has 31 heavy (non-hydrogen) atoms. The maximum Gasteiger partial charge on any atom is 0.326 e. The molecule has 3 N–H and O–H groups in total. The maximum absolute atomic E-state index is 12.9. The number of carboxylic acids is 1. The van der Waals surface area contributed by atoms with E-state index in [0.29, 0.717) is 0 Å². The Hall–Kier alpha value is -3.34. The highest BCUT2D eigenvalue weighted by atomic mass is 16.6. The molecule has 0 saturated heterocycles. The number of aliphatic hydroxyl groups excluding tert-OH is 1. The standard InChI is InChI=1S/C20H25NO10/c1-5-30-16(23)10(17(24)31-6-2)9-13(22)20(19(26)27)11-7-8-12(28-3)15(29-4)14(11)21-18(20)25/h7-8,10,13,22H,5-6,9H2,1-4H3,(H,21,25)(H,26,27). The van der Waals surface area contributed by atoms with Gasteiger partial charge in [-0.3, -0.25) is 19.2 Å². The van der Waals surface area contributed by atoms with E-state index < -0.39 is 47.7 Å². The summed E-state index contributed by atoms with van der Waals surface area (Å²) in [5.74, 6) is -6.04. The highest BCUT2D eigenvalue weighted by molar-refractivity contribution is 6.20. The third kappa shape index (κ3) is 4.00. The van der Waals surface area contributed by atoms with Gasteiger partial charge in [0, 0.05) is 5.56 Å². The lowest BCUT2D eigenvalue weighted by atomic mass is 9.73. The molecule has 0 bridgehead atoms. The number of carbonyl (C=O) groups is 4. The number of nitrogens with one attached hydrogen (secondary N) is 1. The maximum atomic E-state index is 12.9. The van der Waals surface area contributed by atoms with Crippen molar-refractivity contribution in [3.63, 3.8) is 0 Å². The molecular weight excluding hydrogens is 414 g/mol. The van der Waals surface area contributed by atoms with Gasteiger partial charge in [-0.15, -0.1) is 0 Å². The summed E-state index contributed by atoms with van der Waals surface area (Å²) in [6.07, 6.45) is -2.70. The molecule has 2 unspecified atom stereocenters. The van der Waals surface area contributed by atoms with Crippen molar-refractivity contribution >= 4 is 29.5 Å². The van der Waals surface area contributed by atoms with Crippen molar-refractivity contribution in [2.45, 2.75) is 31.8 Å². The van der Waals surface area contributed by atoms with Crippen LogP contribution in [0.15, 0.2) is 12.1 Å². The average molecular weight is 439 g/mol. The highest BCUT2D eigenvalue weighted by Gasteiger charge is 2.60. The van der Waals surface area contributed by atoms with Crippen LogP contribution in [0.25, 0.3) is 0 Å². The lowest BCUT2D eigenvalue weighted by Crippen LogP contribution is -2.53. The summed E-state index contributed by atoms with van der Waals surface area (Å²) < 4.78 is 20.1. The molecule has 1 aliphatic rings. The zero-order valence-electron chi connectivity index (χ0n) is 17.6. The smallest absolute Gasteiger partial charge is 0.326 e. The summed E-state index contributed by atoms with van der Waals surface area (Å²) >= 11 is 0. The van der Waals surface area contributed by atoms with Crippen molar-refractivity contribution in [2.75, 3.05) is 32.8 Å². The number of hydrogen-bond donors (Lipinski definition) is 3. The Kier molecular flexibility index (Phi) is 7.45. The molecule has 0 saturated carbocycles. The number of esters is 2. The lowest BCUT2D eigenvalue weighted by Gasteiger charge is -2.30. The molecule has 1 aromatic rings. The summed E-state index contributed by atoms with van der Waals surface area (Å²) in [6.45, 7) is 2.95. The van der Waals surface area contributed by atoms with E-state index in [2.05, 4.69) is 5.32 Å². The second kappa shape index (κ2) is 9.65. The van der Waals surface area contributed by atoms with Crippen molar-refractivity contribution < 1.29 is 48.3 Å². The first-order chi connectivity index (χ1) is 14.7. The van der Waals surface area contributed by atoms with E-state index in [1.165, 1.54) is 40.2 Å². The Balaban J connectivity index is 2.57. The molecule has 170 valence electrons. The van der Waals surface area contributed by atoms with Crippen LogP contribution in [0, 0.1) is 5.92 Å². The topological polar surface area (TPSA) is 158 Å². The van der Waals surface area contributed by atoms with Gasteiger partial charge < -0.3 is 34.5 Å². The third-order valence-corrected chi connectivity index (χ3v) is 5.01. The monoisotopic (exact) mass is 439 g/mol. The number of amides is 1. The zero-order valence-corrected chi connectivity index (χ0v) is 17.6. The van der Waals surface area contributed by atoms with Crippen molar-refractivity contribution in [3.05, 3.63) is 17.7 Å². The summed E-state index contributed by atoms with van der Waals surface area (Å²) in [7, 11) is 2.67. The molecule has 0 aromatic heterocycles. The van der Waals surface area contributed by atoms with Crippen LogP contribution in [-0.4, -0.2) is 67.6 Å². The fourth-order valence-corrected chi connectivity index (χ4v) is 3.57. The fraction of sp³-hybridized carbons (Fsp3) is 0.500. The van der Waals surface area contributed by atoms with Crippen LogP contribution in [0.4, 0.5) is 5.69 Å². The number of aliphatic hydroxyl groups is 1. The molecule has 0 fully saturated rings. The van der Waals surface area contributed by atoms with Crippen LogP contribution in [0.3, 0.4) is 0 Å². The number of carbonyl (C=O) groups excluding carboxylic acids is 3.